The number of aromatic nitrogens is 3. The summed E-state index contributed by atoms with van der Waals surface area (Å²) in [5.41, 5.74) is 5.35. The Labute approximate surface area is 221 Å². The topological polar surface area (TPSA) is 87.0 Å². The molecular weight excluding hydrogens is 485 g/mol. The predicted molar refractivity (Wildman–Crippen MR) is 145 cm³/mol. The molecule has 0 amide bonds. The van der Waals surface area contributed by atoms with E-state index in [1.165, 1.54) is 18.7 Å². The first-order chi connectivity index (χ1) is 18.5. The number of aldehydes is 1. The standard InChI is InChI=1S/C28H32FN7O2/c1-19-14-22(6-4-21(19)18-34(2)26-17-30-8-10-35(26)12-13-37)33-27-28-32-16-24(36(28)11-9-31-27)20-5-7-25(38-3)23(29)15-20/h4-7,9,11,13-16,26,30H,8,10,12,17-18H2,1-3H3,(H,31,33)/t26-/m1/s1. The van der Waals surface area contributed by atoms with Crippen molar-refractivity contribution in [1.82, 2.24) is 29.5 Å². The molecule has 5 rings (SSSR count). The van der Waals surface area contributed by atoms with Gasteiger partial charge in [-0.2, -0.15) is 0 Å². The number of rotatable bonds is 9. The molecular formula is C28H32FN7O2. The number of methoxy groups -OCH3 is 1. The van der Waals surface area contributed by atoms with Gasteiger partial charge in [0.2, 0.25) is 0 Å². The van der Waals surface area contributed by atoms with Crippen molar-refractivity contribution in [3.8, 4) is 17.0 Å². The molecule has 1 fully saturated rings. The molecule has 10 heteroatoms. The monoisotopic (exact) mass is 517 g/mol. The molecule has 0 aliphatic carbocycles. The van der Waals surface area contributed by atoms with Crippen molar-refractivity contribution in [2.24, 2.45) is 0 Å². The molecule has 2 N–H and O–H groups in total. The predicted octanol–water partition coefficient (Wildman–Crippen LogP) is 3.46. The molecule has 9 nitrogen and oxygen atoms in total. The van der Waals surface area contributed by atoms with Crippen molar-refractivity contribution < 1.29 is 13.9 Å². The number of nitrogens with one attached hydrogen (secondary N) is 2. The van der Waals surface area contributed by atoms with E-state index >= 15 is 0 Å². The molecule has 4 aromatic rings. The number of piperazine rings is 1. The lowest BCUT2D eigenvalue weighted by molar-refractivity contribution is -0.110. The summed E-state index contributed by atoms with van der Waals surface area (Å²) in [6.45, 7) is 5.89. The molecule has 3 heterocycles. The Balaban J connectivity index is 1.34. The van der Waals surface area contributed by atoms with E-state index < -0.39 is 5.82 Å². The van der Waals surface area contributed by atoms with E-state index in [-0.39, 0.29) is 11.9 Å². The molecule has 1 atom stereocenters. The lowest BCUT2D eigenvalue weighted by atomic mass is 10.1. The van der Waals surface area contributed by atoms with Crippen molar-refractivity contribution >= 4 is 23.4 Å². The van der Waals surface area contributed by atoms with Crippen LogP contribution in [0.15, 0.2) is 55.0 Å². The molecule has 198 valence electrons. The van der Waals surface area contributed by atoms with Gasteiger partial charge in [-0.3, -0.25) is 14.2 Å². The quantitative estimate of drug-likeness (QED) is 0.327. The largest absolute Gasteiger partial charge is 0.494 e. The van der Waals surface area contributed by atoms with Crippen LogP contribution in [0.2, 0.25) is 0 Å². The summed E-state index contributed by atoms with van der Waals surface area (Å²) in [6.07, 6.45) is 6.36. The summed E-state index contributed by atoms with van der Waals surface area (Å²) in [5, 5.41) is 6.82. The van der Waals surface area contributed by atoms with Crippen molar-refractivity contribution in [2.45, 2.75) is 19.6 Å². The van der Waals surface area contributed by atoms with Crippen LogP contribution in [0.3, 0.4) is 0 Å². The molecule has 0 unspecified atom stereocenters. The lowest BCUT2D eigenvalue weighted by Gasteiger charge is -2.40. The van der Waals surface area contributed by atoms with Crippen LogP contribution < -0.4 is 15.4 Å². The molecule has 0 radical (unpaired) electrons. The molecule has 1 aliphatic heterocycles. The number of aryl methyl sites for hydroxylation is 1. The first-order valence-corrected chi connectivity index (χ1v) is 12.6. The van der Waals surface area contributed by atoms with Gasteiger partial charge in [-0.05, 0) is 55.4 Å². The first-order valence-electron chi connectivity index (χ1n) is 12.6. The van der Waals surface area contributed by atoms with Crippen LogP contribution in [0.25, 0.3) is 16.9 Å². The second-order valence-electron chi connectivity index (χ2n) is 9.49. The average molecular weight is 518 g/mol. The van der Waals surface area contributed by atoms with Gasteiger partial charge in [0.25, 0.3) is 0 Å². The van der Waals surface area contributed by atoms with E-state index in [1.54, 1.807) is 24.5 Å². The minimum absolute atomic E-state index is 0.168. The SMILES string of the molecule is COc1ccc(-c2cnc3c(Nc4ccc(CN(C)[C@H]5CNCCN5CC=O)c(C)c4)nccn23)cc1F. The number of carbonyl (C=O) groups is 1. The van der Waals surface area contributed by atoms with Crippen molar-refractivity contribution in [3.63, 3.8) is 0 Å². The van der Waals surface area contributed by atoms with Crippen LogP contribution >= 0.6 is 0 Å². The van der Waals surface area contributed by atoms with Gasteiger partial charge in [0, 0.05) is 49.8 Å². The van der Waals surface area contributed by atoms with Crippen LogP contribution in [0, 0.1) is 12.7 Å². The van der Waals surface area contributed by atoms with Crippen molar-refractivity contribution in [3.05, 3.63) is 71.9 Å². The molecule has 0 bridgehead atoms. The number of halogens is 1. The zero-order chi connectivity index (χ0) is 26.6. The van der Waals surface area contributed by atoms with E-state index in [2.05, 4.69) is 56.5 Å². The smallest absolute Gasteiger partial charge is 0.180 e. The summed E-state index contributed by atoms with van der Waals surface area (Å²) in [6, 6.07) is 11.1. The van der Waals surface area contributed by atoms with Crippen molar-refractivity contribution in [1.29, 1.82) is 0 Å². The summed E-state index contributed by atoms with van der Waals surface area (Å²) in [4.78, 5) is 24.7. The number of likely N-dealkylation sites (N-methyl/N-ethyl adjacent to an activating group) is 1. The fourth-order valence-electron chi connectivity index (χ4n) is 4.98. The average Bonchev–Trinajstić information content (AvgIpc) is 3.36. The minimum Gasteiger partial charge on any atom is -0.494 e. The number of anilines is 2. The van der Waals surface area contributed by atoms with Crippen LogP contribution in [-0.4, -0.2) is 77.0 Å². The summed E-state index contributed by atoms with van der Waals surface area (Å²) in [7, 11) is 3.54. The zero-order valence-electron chi connectivity index (χ0n) is 21.8. The maximum Gasteiger partial charge on any atom is 0.180 e. The second-order valence-corrected chi connectivity index (χ2v) is 9.49. The Hall–Kier alpha value is -3.86. The Bertz CT molecular complexity index is 1440. The number of fused-ring (bicyclic) bond motifs is 1. The first kappa shape index (κ1) is 25.8. The Morgan fingerprint density at radius 1 is 1.26 bits per heavy atom. The maximum atomic E-state index is 14.3. The number of hydrogen-bond acceptors (Lipinski definition) is 8. The lowest BCUT2D eigenvalue weighted by Crippen LogP contribution is -2.58. The fraction of sp³-hybridized carbons (Fsp3) is 0.321. The summed E-state index contributed by atoms with van der Waals surface area (Å²) in [5.74, 6) is 0.379. The Morgan fingerprint density at radius 2 is 2.13 bits per heavy atom. The highest BCUT2D eigenvalue weighted by molar-refractivity contribution is 5.74. The highest BCUT2D eigenvalue weighted by atomic mass is 19.1. The number of imidazole rings is 1. The summed E-state index contributed by atoms with van der Waals surface area (Å²) < 4.78 is 21.2. The number of benzene rings is 2. The van der Waals surface area contributed by atoms with Gasteiger partial charge in [-0.1, -0.05) is 6.07 Å². The van der Waals surface area contributed by atoms with E-state index in [0.29, 0.717) is 23.6 Å². The molecule has 1 aliphatic rings. The van der Waals surface area contributed by atoms with Crippen LogP contribution in [0.4, 0.5) is 15.9 Å². The van der Waals surface area contributed by atoms with E-state index in [9.17, 15) is 9.18 Å². The summed E-state index contributed by atoms with van der Waals surface area (Å²) >= 11 is 0. The molecule has 2 aromatic carbocycles. The third kappa shape index (κ3) is 5.24. The Morgan fingerprint density at radius 3 is 2.89 bits per heavy atom. The number of carbonyl (C=O) groups excluding carboxylic acids is 1. The van der Waals surface area contributed by atoms with E-state index in [1.807, 2.05) is 16.7 Å². The molecule has 2 aromatic heterocycles. The molecule has 0 spiro atoms. The van der Waals surface area contributed by atoms with Gasteiger partial charge in [0.1, 0.15) is 6.29 Å². The third-order valence-electron chi connectivity index (χ3n) is 7.04. The fourth-order valence-corrected chi connectivity index (χ4v) is 4.98. The van der Waals surface area contributed by atoms with E-state index in [4.69, 9.17) is 4.74 Å². The number of ether oxygens (including phenoxy) is 1. The van der Waals surface area contributed by atoms with Gasteiger partial charge in [-0.25, -0.2) is 14.4 Å². The number of nitrogens with zero attached hydrogens (tertiary/aromatic N) is 5. The zero-order valence-corrected chi connectivity index (χ0v) is 21.8. The molecule has 38 heavy (non-hydrogen) atoms. The van der Waals surface area contributed by atoms with Gasteiger partial charge < -0.3 is 20.2 Å². The van der Waals surface area contributed by atoms with Crippen LogP contribution in [0.1, 0.15) is 11.1 Å². The number of hydrogen-bond donors (Lipinski definition) is 2. The van der Waals surface area contributed by atoms with Crippen LogP contribution in [-0.2, 0) is 11.3 Å². The maximum absolute atomic E-state index is 14.3. The highest BCUT2D eigenvalue weighted by Gasteiger charge is 2.25. The highest BCUT2D eigenvalue weighted by Crippen LogP contribution is 2.29. The second kappa shape index (κ2) is 11.3. The minimum atomic E-state index is -0.426. The third-order valence-corrected chi connectivity index (χ3v) is 7.04. The van der Waals surface area contributed by atoms with Gasteiger partial charge in [0.15, 0.2) is 23.0 Å². The van der Waals surface area contributed by atoms with Gasteiger partial charge in [-0.15, -0.1) is 0 Å². The Kier molecular flexibility index (Phi) is 7.64. The van der Waals surface area contributed by atoms with E-state index in [0.717, 1.165) is 49.4 Å². The normalized spacial score (nSPS) is 16.2. The van der Waals surface area contributed by atoms with Crippen LogP contribution in [0.5, 0.6) is 5.75 Å². The van der Waals surface area contributed by atoms with Gasteiger partial charge in [0.05, 0.1) is 31.7 Å². The van der Waals surface area contributed by atoms with Gasteiger partial charge >= 0.3 is 0 Å². The molecule has 1 saturated heterocycles. The molecule has 0 saturated carbocycles. The van der Waals surface area contributed by atoms with Crippen molar-refractivity contribution in [2.75, 3.05) is 45.7 Å².